The third-order valence-corrected chi connectivity index (χ3v) is 4.55. The lowest BCUT2D eigenvalue weighted by Crippen LogP contribution is -2.42. The van der Waals surface area contributed by atoms with E-state index in [-0.39, 0.29) is 29.3 Å². The van der Waals surface area contributed by atoms with Crippen molar-refractivity contribution in [3.05, 3.63) is 0 Å². The first kappa shape index (κ1) is 18.4. The summed E-state index contributed by atoms with van der Waals surface area (Å²) in [5.74, 6) is 0.648. The van der Waals surface area contributed by atoms with E-state index >= 15 is 0 Å². The fourth-order valence-electron chi connectivity index (χ4n) is 3.34. The molecule has 0 amide bonds. The van der Waals surface area contributed by atoms with E-state index in [1.807, 2.05) is 6.92 Å². The fourth-order valence-corrected chi connectivity index (χ4v) is 3.34. The maximum absolute atomic E-state index is 11.9. The van der Waals surface area contributed by atoms with Gasteiger partial charge in [-0.25, -0.2) is 0 Å². The monoisotopic (exact) mass is 300 g/mol. The summed E-state index contributed by atoms with van der Waals surface area (Å²) in [6, 6.07) is 0. The molecule has 1 rings (SSSR count). The van der Waals surface area contributed by atoms with Gasteiger partial charge in [0.05, 0.1) is 12.7 Å². The van der Waals surface area contributed by atoms with Gasteiger partial charge in [-0.1, -0.05) is 27.7 Å². The molecular formula is C17H32O4. The zero-order valence-electron chi connectivity index (χ0n) is 14.2. The summed E-state index contributed by atoms with van der Waals surface area (Å²) in [6.45, 7) is 11.9. The molecule has 1 saturated carbocycles. The Balaban J connectivity index is 2.46. The Morgan fingerprint density at radius 2 is 1.90 bits per heavy atom. The number of ether oxygens (including phenoxy) is 2. The van der Waals surface area contributed by atoms with Gasteiger partial charge in [-0.2, -0.15) is 0 Å². The van der Waals surface area contributed by atoms with Crippen LogP contribution in [0.1, 0.15) is 53.9 Å². The van der Waals surface area contributed by atoms with Crippen LogP contribution in [0.5, 0.6) is 0 Å². The summed E-state index contributed by atoms with van der Waals surface area (Å²) in [5.41, 5.74) is 0.0607. The summed E-state index contributed by atoms with van der Waals surface area (Å²) >= 11 is 0. The van der Waals surface area contributed by atoms with Gasteiger partial charge in [0.2, 0.25) is 0 Å². The van der Waals surface area contributed by atoms with E-state index in [9.17, 15) is 9.90 Å². The van der Waals surface area contributed by atoms with Crippen LogP contribution < -0.4 is 0 Å². The largest absolute Gasteiger partial charge is 0.463 e. The second kappa shape index (κ2) is 8.14. The molecule has 0 spiro atoms. The second-order valence-corrected chi connectivity index (χ2v) is 7.40. The van der Waals surface area contributed by atoms with Crippen LogP contribution in [-0.2, 0) is 14.3 Å². The molecular weight excluding hydrogens is 268 g/mol. The van der Waals surface area contributed by atoms with E-state index in [1.54, 1.807) is 0 Å². The first-order chi connectivity index (χ1) is 9.75. The van der Waals surface area contributed by atoms with Crippen molar-refractivity contribution in [2.24, 2.45) is 23.2 Å². The van der Waals surface area contributed by atoms with Gasteiger partial charge in [0.1, 0.15) is 6.61 Å². The highest BCUT2D eigenvalue weighted by atomic mass is 16.6. The smallest absolute Gasteiger partial charge is 0.306 e. The van der Waals surface area contributed by atoms with Crippen molar-refractivity contribution in [3.8, 4) is 0 Å². The molecule has 0 radical (unpaired) electrons. The Morgan fingerprint density at radius 3 is 2.48 bits per heavy atom. The van der Waals surface area contributed by atoms with Crippen molar-refractivity contribution in [1.82, 2.24) is 0 Å². The number of hydrogen-bond acceptors (Lipinski definition) is 4. The van der Waals surface area contributed by atoms with Gasteiger partial charge < -0.3 is 14.6 Å². The Hall–Kier alpha value is -0.610. The molecule has 0 bridgehead atoms. The fraction of sp³-hybridized carbons (Fsp3) is 0.941. The molecule has 0 heterocycles. The summed E-state index contributed by atoms with van der Waals surface area (Å²) in [6.07, 6.45) is 1.98. The van der Waals surface area contributed by atoms with Gasteiger partial charge >= 0.3 is 5.97 Å². The molecule has 0 aromatic heterocycles. The Kier molecular flexibility index (Phi) is 7.14. The molecule has 0 saturated heterocycles. The number of rotatable bonds is 6. The van der Waals surface area contributed by atoms with Gasteiger partial charge in [-0.3, -0.25) is 4.79 Å². The molecule has 1 N–H and O–H groups in total. The lowest BCUT2D eigenvalue weighted by molar-refractivity contribution is -0.147. The first-order valence-corrected chi connectivity index (χ1v) is 8.17. The predicted molar refractivity (Wildman–Crippen MR) is 82.9 cm³/mol. The number of carbonyl (C=O) groups is 1. The zero-order valence-corrected chi connectivity index (χ0v) is 14.2. The minimum atomic E-state index is -0.268. The van der Waals surface area contributed by atoms with Crippen molar-refractivity contribution in [3.63, 3.8) is 0 Å². The predicted octanol–water partition coefficient (Wildman–Crippen LogP) is 3.03. The van der Waals surface area contributed by atoms with E-state index in [1.165, 1.54) is 0 Å². The number of hydrogen-bond donors (Lipinski definition) is 1. The van der Waals surface area contributed by atoms with Gasteiger partial charge in [0, 0.05) is 13.0 Å². The molecule has 4 nitrogen and oxygen atoms in total. The van der Waals surface area contributed by atoms with Crippen molar-refractivity contribution >= 4 is 5.97 Å². The van der Waals surface area contributed by atoms with Crippen molar-refractivity contribution < 1.29 is 19.4 Å². The maximum atomic E-state index is 11.9. The molecule has 124 valence electrons. The second-order valence-electron chi connectivity index (χ2n) is 7.40. The third kappa shape index (κ3) is 5.95. The number of esters is 1. The molecule has 1 fully saturated rings. The van der Waals surface area contributed by atoms with Gasteiger partial charge in [0.15, 0.2) is 0 Å². The van der Waals surface area contributed by atoms with Crippen LogP contribution in [-0.4, -0.2) is 37.0 Å². The molecule has 21 heavy (non-hydrogen) atoms. The molecule has 1 aliphatic rings. The average molecular weight is 300 g/mol. The topological polar surface area (TPSA) is 55.8 Å². The third-order valence-electron chi connectivity index (χ3n) is 4.55. The molecule has 0 aromatic carbocycles. The van der Waals surface area contributed by atoms with Crippen LogP contribution in [0.4, 0.5) is 0 Å². The van der Waals surface area contributed by atoms with Crippen LogP contribution in [0.15, 0.2) is 0 Å². The van der Waals surface area contributed by atoms with Crippen LogP contribution in [0.2, 0.25) is 0 Å². The van der Waals surface area contributed by atoms with Crippen LogP contribution in [0, 0.1) is 23.2 Å². The SMILES string of the molecule is CCOCCOC(=O)CC1CC(C)C(O)C(C(C)(C)C)C1. The normalized spacial score (nSPS) is 30.2. The van der Waals surface area contributed by atoms with E-state index in [0.29, 0.717) is 32.2 Å². The molecule has 0 aliphatic heterocycles. The van der Waals surface area contributed by atoms with E-state index in [4.69, 9.17) is 9.47 Å². The van der Waals surface area contributed by atoms with Gasteiger partial charge in [-0.15, -0.1) is 0 Å². The first-order valence-electron chi connectivity index (χ1n) is 8.17. The standard InChI is InChI=1S/C17H32O4/c1-6-20-7-8-21-15(18)11-13-9-12(2)16(19)14(10-13)17(3,4)5/h12-14,16,19H,6-11H2,1-5H3. The highest BCUT2D eigenvalue weighted by molar-refractivity contribution is 5.69. The van der Waals surface area contributed by atoms with Crippen molar-refractivity contribution in [1.29, 1.82) is 0 Å². The minimum Gasteiger partial charge on any atom is -0.463 e. The quantitative estimate of drug-likeness (QED) is 0.605. The van der Waals surface area contributed by atoms with E-state index in [0.717, 1.165) is 12.8 Å². The van der Waals surface area contributed by atoms with Crippen LogP contribution in [0.25, 0.3) is 0 Å². The number of carbonyl (C=O) groups excluding carboxylic acids is 1. The maximum Gasteiger partial charge on any atom is 0.306 e. The highest BCUT2D eigenvalue weighted by Gasteiger charge is 2.40. The Labute approximate surface area is 129 Å². The van der Waals surface area contributed by atoms with Crippen molar-refractivity contribution in [2.45, 2.75) is 60.0 Å². The number of aliphatic hydroxyl groups excluding tert-OH is 1. The number of aliphatic hydroxyl groups is 1. The Bertz CT molecular complexity index is 321. The minimum absolute atomic E-state index is 0.0607. The average Bonchev–Trinajstić information content (AvgIpc) is 2.37. The lowest BCUT2D eigenvalue weighted by atomic mass is 9.64. The van der Waals surface area contributed by atoms with Crippen LogP contribution in [0.3, 0.4) is 0 Å². The van der Waals surface area contributed by atoms with Gasteiger partial charge in [0.25, 0.3) is 0 Å². The summed E-state index contributed by atoms with van der Waals surface area (Å²) in [5, 5.41) is 10.4. The lowest BCUT2D eigenvalue weighted by Gasteiger charge is -2.44. The zero-order chi connectivity index (χ0) is 16.0. The highest BCUT2D eigenvalue weighted by Crippen LogP contribution is 2.43. The summed E-state index contributed by atoms with van der Waals surface area (Å²) < 4.78 is 10.4. The van der Waals surface area contributed by atoms with E-state index < -0.39 is 0 Å². The molecule has 4 atom stereocenters. The Morgan fingerprint density at radius 1 is 1.24 bits per heavy atom. The summed E-state index contributed by atoms with van der Waals surface area (Å²) in [4.78, 5) is 11.9. The molecule has 4 unspecified atom stereocenters. The van der Waals surface area contributed by atoms with Crippen molar-refractivity contribution in [2.75, 3.05) is 19.8 Å². The summed E-state index contributed by atoms with van der Waals surface area (Å²) in [7, 11) is 0. The molecule has 0 aromatic rings. The van der Waals surface area contributed by atoms with Crippen LogP contribution >= 0.6 is 0 Å². The molecule has 1 aliphatic carbocycles. The van der Waals surface area contributed by atoms with E-state index in [2.05, 4.69) is 27.7 Å². The molecule has 4 heteroatoms. The van der Waals surface area contributed by atoms with Gasteiger partial charge in [-0.05, 0) is 42.9 Å².